The van der Waals surface area contributed by atoms with Gasteiger partial charge in [-0.1, -0.05) is 17.7 Å². The van der Waals surface area contributed by atoms with E-state index in [1.54, 1.807) is 0 Å². The molecule has 2 rings (SSSR count). The van der Waals surface area contributed by atoms with Gasteiger partial charge in [-0.05, 0) is 36.6 Å². The predicted molar refractivity (Wildman–Crippen MR) is 62.5 cm³/mol. The molecule has 1 aliphatic heterocycles. The van der Waals surface area contributed by atoms with E-state index in [0.29, 0.717) is 0 Å². The van der Waals surface area contributed by atoms with Gasteiger partial charge in [-0.15, -0.1) is 0 Å². The maximum atomic E-state index is 6.01. The van der Waals surface area contributed by atoms with E-state index in [-0.39, 0.29) is 6.10 Å². The fourth-order valence-electron chi connectivity index (χ4n) is 1.94. The summed E-state index contributed by atoms with van der Waals surface area (Å²) in [6.45, 7) is 4.77. The van der Waals surface area contributed by atoms with Gasteiger partial charge in [0, 0.05) is 18.1 Å². The van der Waals surface area contributed by atoms with Crippen molar-refractivity contribution >= 4 is 11.6 Å². The monoisotopic (exact) mass is 225 g/mol. The SMILES string of the molecule is Cc1cc(Cl)cc(CC2CNCCO2)c1. The van der Waals surface area contributed by atoms with Crippen LogP contribution in [0.25, 0.3) is 0 Å². The van der Waals surface area contributed by atoms with E-state index >= 15 is 0 Å². The molecule has 0 bridgehead atoms. The van der Waals surface area contributed by atoms with Crippen LogP contribution in [0.1, 0.15) is 11.1 Å². The number of morpholine rings is 1. The van der Waals surface area contributed by atoms with Crippen molar-refractivity contribution in [3.63, 3.8) is 0 Å². The molecule has 1 N–H and O–H groups in total. The first-order valence-electron chi connectivity index (χ1n) is 5.32. The molecule has 1 heterocycles. The van der Waals surface area contributed by atoms with Gasteiger partial charge >= 0.3 is 0 Å². The average molecular weight is 226 g/mol. The summed E-state index contributed by atoms with van der Waals surface area (Å²) in [4.78, 5) is 0. The Morgan fingerprint density at radius 1 is 1.47 bits per heavy atom. The number of nitrogens with one attached hydrogen (secondary N) is 1. The topological polar surface area (TPSA) is 21.3 Å². The normalized spacial score (nSPS) is 21.6. The highest BCUT2D eigenvalue weighted by Gasteiger charge is 2.13. The Bertz CT molecular complexity index is 314. The van der Waals surface area contributed by atoms with Crippen molar-refractivity contribution in [3.8, 4) is 0 Å². The predicted octanol–water partition coefficient (Wildman–Crippen LogP) is 2.18. The lowest BCUT2D eigenvalue weighted by Gasteiger charge is -2.23. The molecular formula is C12H16ClNO. The lowest BCUT2D eigenvalue weighted by Crippen LogP contribution is -2.39. The van der Waals surface area contributed by atoms with Crippen molar-refractivity contribution in [1.29, 1.82) is 0 Å². The lowest BCUT2D eigenvalue weighted by atomic mass is 10.0. The standard InChI is InChI=1S/C12H16ClNO/c1-9-4-10(6-11(13)5-9)7-12-8-14-2-3-15-12/h4-6,12,14H,2-3,7-8H2,1H3. The van der Waals surface area contributed by atoms with Gasteiger partial charge in [0.05, 0.1) is 12.7 Å². The van der Waals surface area contributed by atoms with Crippen molar-refractivity contribution in [2.45, 2.75) is 19.4 Å². The zero-order valence-corrected chi connectivity index (χ0v) is 9.68. The zero-order chi connectivity index (χ0) is 10.7. The van der Waals surface area contributed by atoms with Crippen molar-refractivity contribution < 1.29 is 4.74 Å². The first kappa shape index (κ1) is 10.9. The van der Waals surface area contributed by atoms with Crippen LogP contribution in [-0.4, -0.2) is 25.8 Å². The van der Waals surface area contributed by atoms with E-state index in [4.69, 9.17) is 16.3 Å². The highest BCUT2D eigenvalue weighted by molar-refractivity contribution is 6.30. The van der Waals surface area contributed by atoms with Crippen molar-refractivity contribution in [2.24, 2.45) is 0 Å². The molecular weight excluding hydrogens is 210 g/mol. The van der Waals surface area contributed by atoms with E-state index in [1.807, 2.05) is 12.1 Å². The Morgan fingerprint density at radius 2 is 2.33 bits per heavy atom. The van der Waals surface area contributed by atoms with Crippen LogP contribution in [0.2, 0.25) is 5.02 Å². The fourth-order valence-corrected chi connectivity index (χ4v) is 2.26. The number of halogens is 1. The highest BCUT2D eigenvalue weighted by atomic mass is 35.5. The Morgan fingerprint density at radius 3 is 3.00 bits per heavy atom. The first-order chi connectivity index (χ1) is 7.24. The van der Waals surface area contributed by atoms with Gasteiger partial charge in [0.2, 0.25) is 0 Å². The molecule has 1 aromatic rings. The molecule has 3 heteroatoms. The third-order valence-electron chi connectivity index (χ3n) is 2.57. The summed E-state index contributed by atoms with van der Waals surface area (Å²) in [6, 6.07) is 6.17. The molecule has 82 valence electrons. The van der Waals surface area contributed by atoms with Crippen LogP contribution in [0, 0.1) is 6.92 Å². The van der Waals surface area contributed by atoms with E-state index in [1.165, 1.54) is 11.1 Å². The van der Waals surface area contributed by atoms with Crippen LogP contribution >= 0.6 is 11.6 Å². The Kier molecular flexibility index (Phi) is 3.62. The van der Waals surface area contributed by atoms with Gasteiger partial charge < -0.3 is 10.1 Å². The third-order valence-corrected chi connectivity index (χ3v) is 2.79. The van der Waals surface area contributed by atoms with Crippen LogP contribution in [0.15, 0.2) is 18.2 Å². The minimum absolute atomic E-state index is 0.289. The molecule has 1 aromatic carbocycles. The molecule has 1 atom stereocenters. The van der Waals surface area contributed by atoms with Gasteiger partial charge in [0.15, 0.2) is 0 Å². The number of hydrogen-bond acceptors (Lipinski definition) is 2. The van der Waals surface area contributed by atoms with Crippen LogP contribution < -0.4 is 5.32 Å². The molecule has 1 saturated heterocycles. The summed E-state index contributed by atoms with van der Waals surface area (Å²) >= 11 is 6.01. The average Bonchev–Trinajstić information content (AvgIpc) is 2.17. The van der Waals surface area contributed by atoms with E-state index in [2.05, 4.69) is 18.3 Å². The van der Waals surface area contributed by atoms with Crippen molar-refractivity contribution in [1.82, 2.24) is 5.32 Å². The summed E-state index contributed by atoms with van der Waals surface area (Å²) in [5.74, 6) is 0. The van der Waals surface area contributed by atoms with Gasteiger partial charge in [-0.25, -0.2) is 0 Å². The molecule has 0 aromatic heterocycles. The quantitative estimate of drug-likeness (QED) is 0.833. The first-order valence-corrected chi connectivity index (χ1v) is 5.70. The third kappa shape index (κ3) is 3.20. The van der Waals surface area contributed by atoms with Crippen LogP contribution in [0.4, 0.5) is 0 Å². The summed E-state index contributed by atoms with van der Waals surface area (Å²) in [5, 5.41) is 4.14. The molecule has 1 unspecified atom stereocenters. The lowest BCUT2D eigenvalue weighted by molar-refractivity contribution is 0.0292. The molecule has 1 fully saturated rings. The summed E-state index contributed by atoms with van der Waals surface area (Å²) in [5.41, 5.74) is 2.47. The second kappa shape index (κ2) is 4.97. The van der Waals surface area contributed by atoms with E-state index in [0.717, 1.165) is 31.1 Å². The second-order valence-corrected chi connectivity index (χ2v) is 4.47. The number of ether oxygens (including phenoxy) is 1. The zero-order valence-electron chi connectivity index (χ0n) is 8.92. The van der Waals surface area contributed by atoms with Crippen LogP contribution in [-0.2, 0) is 11.2 Å². The Balaban J connectivity index is 2.02. The highest BCUT2D eigenvalue weighted by Crippen LogP contribution is 2.16. The molecule has 0 radical (unpaired) electrons. The summed E-state index contributed by atoms with van der Waals surface area (Å²) < 4.78 is 5.66. The summed E-state index contributed by atoms with van der Waals surface area (Å²) in [7, 11) is 0. The molecule has 0 amide bonds. The molecule has 15 heavy (non-hydrogen) atoms. The van der Waals surface area contributed by atoms with Gasteiger partial charge in [-0.3, -0.25) is 0 Å². The van der Waals surface area contributed by atoms with E-state index < -0.39 is 0 Å². The largest absolute Gasteiger partial charge is 0.375 e. The van der Waals surface area contributed by atoms with Gasteiger partial charge in [0.25, 0.3) is 0 Å². The maximum Gasteiger partial charge on any atom is 0.0740 e. The number of hydrogen-bond donors (Lipinski definition) is 1. The summed E-state index contributed by atoms with van der Waals surface area (Å²) in [6.07, 6.45) is 1.23. The molecule has 0 aliphatic carbocycles. The Labute approximate surface area is 95.6 Å². The molecule has 0 spiro atoms. The fraction of sp³-hybridized carbons (Fsp3) is 0.500. The second-order valence-electron chi connectivity index (χ2n) is 4.04. The van der Waals surface area contributed by atoms with Crippen molar-refractivity contribution in [2.75, 3.05) is 19.7 Å². The minimum atomic E-state index is 0.289. The van der Waals surface area contributed by atoms with Crippen LogP contribution in [0.5, 0.6) is 0 Å². The minimum Gasteiger partial charge on any atom is -0.375 e. The van der Waals surface area contributed by atoms with E-state index in [9.17, 15) is 0 Å². The van der Waals surface area contributed by atoms with Crippen molar-refractivity contribution in [3.05, 3.63) is 34.3 Å². The molecule has 0 saturated carbocycles. The Hall–Kier alpha value is -0.570. The number of benzene rings is 1. The van der Waals surface area contributed by atoms with Crippen LogP contribution in [0.3, 0.4) is 0 Å². The molecule has 2 nitrogen and oxygen atoms in total. The molecule has 1 aliphatic rings. The smallest absolute Gasteiger partial charge is 0.0740 e. The maximum absolute atomic E-state index is 6.01. The number of aryl methyl sites for hydroxylation is 1. The van der Waals surface area contributed by atoms with Gasteiger partial charge in [0.1, 0.15) is 0 Å². The van der Waals surface area contributed by atoms with Gasteiger partial charge in [-0.2, -0.15) is 0 Å². The number of rotatable bonds is 2.